The van der Waals surface area contributed by atoms with Crippen molar-refractivity contribution in [1.82, 2.24) is 19.5 Å². The molecule has 0 unspecified atom stereocenters. The average molecular weight is 697 g/mol. The van der Waals surface area contributed by atoms with Crippen molar-refractivity contribution in [3.8, 4) is 0 Å². The fourth-order valence-electron chi connectivity index (χ4n) is 4.74. The minimum Gasteiger partial charge on any atom is -0.394 e. The number of ether oxygens (including phenoxy) is 3. The van der Waals surface area contributed by atoms with E-state index in [0.29, 0.717) is 5.82 Å². The topological polar surface area (TPSA) is 336 Å². The van der Waals surface area contributed by atoms with E-state index in [4.69, 9.17) is 18.7 Å². The monoisotopic (exact) mass is 697 g/mol. The zero-order valence-corrected chi connectivity index (χ0v) is 25.2. The molecule has 2 saturated heterocycles. The van der Waals surface area contributed by atoms with Crippen molar-refractivity contribution < 1.29 is 86.2 Å². The molecule has 0 aromatic carbocycles. The first-order chi connectivity index (χ1) is 20.3. The second kappa shape index (κ2) is 13.3. The van der Waals surface area contributed by atoms with Crippen molar-refractivity contribution in [3.05, 3.63) is 12.7 Å². The Kier molecular flexibility index (Phi) is 10.7. The number of hydrogen-bond acceptors (Lipinski definition) is 16. The fraction of sp³-hybridized carbons (Fsp3) is 0.722. The van der Waals surface area contributed by atoms with Gasteiger partial charge in [0.15, 0.2) is 29.5 Å². The van der Waals surface area contributed by atoms with Crippen molar-refractivity contribution in [2.75, 3.05) is 32.2 Å². The van der Waals surface area contributed by atoms with Crippen molar-refractivity contribution in [3.63, 3.8) is 0 Å². The predicted molar refractivity (Wildman–Crippen MR) is 138 cm³/mol. The standard InChI is InChI=1S/C18H30N5O18P3/c1-22(2)15-9-16(20-5-19-15)23(6-21-9)17-14(41-44(33,34)35)11(7(3-24)36-17)38-18-10(26)13(40-43(30,31)32)12(8(4-25)37-18)39-42(27,28)29/h5-8,10-14,17-18,24-26H,3-4H2,1-2H3,(H2,27,28,29)(H2,30,31,32)(H2,33,34,35)/t7-,8-,10-,11-,12-,13-,14-,17-,18-/m1/s1. The molecule has 4 heterocycles. The number of aliphatic hydroxyl groups excluding tert-OH is 3. The first kappa shape index (κ1) is 35.3. The van der Waals surface area contributed by atoms with Gasteiger partial charge < -0.3 is 63.8 Å². The summed E-state index contributed by atoms with van der Waals surface area (Å²) in [6, 6.07) is 0. The molecule has 0 spiro atoms. The van der Waals surface area contributed by atoms with Crippen LogP contribution in [0.4, 0.5) is 5.82 Å². The van der Waals surface area contributed by atoms with Gasteiger partial charge in [-0.3, -0.25) is 18.1 Å². The quantitative estimate of drug-likeness (QED) is 0.0980. The van der Waals surface area contributed by atoms with E-state index in [1.54, 1.807) is 19.0 Å². The van der Waals surface area contributed by atoms with Crippen LogP contribution in [0.2, 0.25) is 0 Å². The number of nitrogens with zero attached hydrogens (tertiary/aromatic N) is 5. The van der Waals surface area contributed by atoms with E-state index in [2.05, 4.69) is 24.0 Å². The summed E-state index contributed by atoms with van der Waals surface area (Å²) >= 11 is 0. The molecule has 9 N–H and O–H groups in total. The maximum Gasteiger partial charge on any atom is 0.470 e. The van der Waals surface area contributed by atoms with Crippen LogP contribution in [-0.2, 0) is 41.5 Å². The van der Waals surface area contributed by atoms with Gasteiger partial charge in [0.1, 0.15) is 49.1 Å². The van der Waals surface area contributed by atoms with Crippen LogP contribution in [-0.4, -0.2) is 141 Å². The molecule has 9 atom stereocenters. The second-order valence-corrected chi connectivity index (χ2v) is 13.2. The number of aliphatic hydroxyl groups is 3. The van der Waals surface area contributed by atoms with Crippen molar-refractivity contribution >= 4 is 40.4 Å². The van der Waals surface area contributed by atoms with E-state index in [0.717, 1.165) is 0 Å². The Balaban J connectivity index is 1.72. The van der Waals surface area contributed by atoms with Crippen molar-refractivity contribution in [2.45, 2.75) is 55.2 Å². The van der Waals surface area contributed by atoms with Gasteiger partial charge in [-0.15, -0.1) is 0 Å². The molecule has 0 radical (unpaired) electrons. The largest absolute Gasteiger partial charge is 0.470 e. The third-order valence-corrected chi connectivity index (χ3v) is 7.92. The van der Waals surface area contributed by atoms with Gasteiger partial charge in [-0.2, -0.15) is 0 Å². The zero-order chi connectivity index (χ0) is 32.8. The lowest BCUT2D eigenvalue weighted by atomic mass is 9.99. The molecule has 2 aliphatic rings. The Morgan fingerprint density at radius 3 is 1.91 bits per heavy atom. The highest BCUT2D eigenvalue weighted by Gasteiger charge is 2.56. The number of phosphoric ester groups is 3. The van der Waals surface area contributed by atoms with E-state index in [-0.39, 0.29) is 11.2 Å². The second-order valence-electron chi connectivity index (χ2n) is 9.66. The molecule has 2 aromatic rings. The summed E-state index contributed by atoms with van der Waals surface area (Å²) in [5.74, 6) is 0.364. The maximum absolute atomic E-state index is 12.0. The van der Waals surface area contributed by atoms with Gasteiger partial charge in [-0.25, -0.2) is 28.6 Å². The van der Waals surface area contributed by atoms with Crippen LogP contribution >= 0.6 is 23.5 Å². The van der Waals surface area contributed by atoms with Gasteiger partial charge in [0.25, 0.3) is 0 Å². The van der Waals surface area contributed by atoms with Gasteiger partial charge in [0, 0.05) is 14.1 Å². The Morgan fingerprint density at radius 1 is 0.818 bits per heavy atom. The van der Waals surface area contributed by atoms with Crippen molar-refractivity contribution in [1.29, 1.82) is 0 Å². The summed E-state index contributed by atoms with van der Waals surface area (Å²) in [5.41, 5.74) is 0.346. The van der Waals surface area contributed by atoms with Crippen LogP contribution < -0.4 is 4.90 Å². The summed E-state index contributed by atoms with van der Waals surface area (Å²) in [4.78, 5) is 70.8. The van der Waals surface area contributed by atoms with Crippen LogP contribution in [0.5, 0.6) is 0 Å². The molecule has 0 bridgehead atoms. The van der Waals surface area contributed by atoms with Crippen LogP contribution in [0.15, 0.2) is 12.7 Å². The van der Waals surface area contributed by atoms with Crippen LogP contribution in [0, 0.1) is 0 Å². The summed E-state index contributed by atoms with van der Waals surface area (Å²) in [6.07, 6.45) is -15.0. The Bertz CT molecular complexity index is 1450. The summed E-state index contributed by atoms with van der Waals surface area (Å²) < 4.78 is 67.2. The van der Waals surface area contributed by atoms with Gasteiger partial charge in [0.05, 0.1) is 19.5 Å². The highest BCUT2D eigenvalue weighted by atomic mass is 31.2. The maximum atomic E-state index is 12.0. The summed E-state index contributed by atoms with van der Waals surface area (Å²) in [6.45, 7) is -2.01. The van der Waals surface area contributed by atoms with Crippen LogP contribution in [0.25, 0.3) is 11.2 Å². The highest BCUT2D eigenvalue weighted by molar-refractivity contribution is 7.46. The first-order valence-corrected chi connectivity index (χ1v) is 16.9. The minimum atomic E-state index is -5.51. The Hall–Kier alpha value is -1.56. The van der Waals surface area contributed by atoms with Crippen molar-refractivity contribution in [2.24, 2.45) is 0 Å². The molecule has 23 nitrogen and oxygen atoms in total. The molecule has 2 fully saturated rings. The molecular weight excluding hydrogens is 667 g/mol. The van der Waals surface area contributed by atoms with E-state index < -0.39 is 91.9 Å². The number of imidazole rings is 1. The zero-order valence-electron chi connectivity index (χ0n) is 22.5. The lowest BCUT2D eigenvalue weighted by molar-refractivity contribution is -0.313. The van der Waals surface area contributed by atoms with Gasteiger partial charge in [-0.1, -0.05) is 0 Å². The molecule has 26 heteroatoms. The third kappa shape index (κ3) is 8.04. The molecule has 44 heavy (non-hydrogen) atoms. The number of rotatable bonds is 12. The fourth-order valence-corrected chi connectivity index (χ4v) is 6.42. The van der Waals surface area contributed by atoms with Gasteiger partial charge in [-0.05, 0) is 0 Å². The lowest BCUT2D eigenvalue weighted by Gasteiger charge is -2.44. The first-order valence-electron chi connectivity index (χ1n) is 12.3. The van der Waals surface area contributed by atoms with Gasteiger partial charge >= 0.3 is 23.5 Å². The third-order valence-electron chi connectivity index (χ3n) is 6.37. The molecule has 0 aliphatic carbocycles. The SMILES string of the molecule is CN(C)c1ncnc2c1ncn2[C@@H]1O[C@H](CO)[C@@H](O[C@H]2O[C@H](CO)[C@@H](OP(=O)(O)O)[C@H](OP(=O)(O)O)[C@H]2O)[C@H]1OP(=O)(O)O. The highest BCUT2D eigenvalue weighted by Crippen LogP contribution is 2.49. The summed E-state index contributed by atoms with van der Waals surface area (Å²) in [7, 11) is -13.0. The molecule has 4 rings (SSSR count). The average Bonchev–Trinajstić information content (AvgIpc) is 3.46. The van der Waals surface area contributed by atoms with Crippen LogP contribution in [0.1, 0.15) is 6.23 Å². The normalized spacial score (nSPS) is 31.9. The number of anilines is 1. The number of phosphoric acid groups is 3. The summed E-state index contributed by atoms with van der Waals surface area (Å²) in [5, 5.41) is 30.8. The van der Waals surface area contributed by atoms with E-state index >= 15 is 0 Å². The minimum absolute atomic E-state index is 0.104. The lowest BCUT2D eigenvalue weighted by Crippen LogP contribution is -2.61. The Morgan fingerprint density at radius 2 is 1.36 bits per heavy atom. The molecule has 250 valence electrons. The molecule has 2 aliphatic heterocycles. The molecule has 0 amide bonds. The smallest absolute Gasteiger partial charge is 0.394 e. The number of aromatic nitrogens is 4. The van der Waals surface area contributed by atoms with E-state index in [9.17, 15) is 58.4 Å². The predicted octanol–water partition coefficient (Wildman–Crippen LogP) is -3.32. The van der Waals surface area contributed by atoms with E-state index in [1.165, 1.54) is 17.2 Å². The number of fused-ring (bicyclic) bond motifs is 1. The molecular formula is C18H30N5O18P3. The number of hydrogen-bond donors (Lipinski definition) is 9. The Labute approximate surface area is 246 Å². The molecule has 2 aromatic heterocycles. The van der Waals surface area contributed by atoms with E-state index in [1.807, 2.05) is 0 Å². The molecule has 0 saturated carbocycles. The van der Waals surface area contributed by atoms with Gasteiger partial charge in [0.2, 0.25) is 0 Å². The van der Waals surface area contributed by atoms with Crippen LogP contribution in [0.3, 0.4) is 0 Å².